The van der Waals surface area contributed by atoms with Gasteiger partial charge in [-0.1, -0.05) is 6.42 Å². The van der Waals surface area contributed by atoms with Gasteiger partial charge in [-0.3, -0.25) is 4.79 Å². The SMILES string of the molecule is CN(C(=O)NCC1(C(=O)O)CCC1)C1CCOC1. The molecule has 0 aromatic heterocycles. The van der Waals surface area contributed by atoms with Gasteiger partial charge in [0.05, 0.1) is 18.1 Å². The van der Waals surface area contributed by atoms with E-state index in [2.05, 4.69) is 5.32 Å². The van der Waals surface area contributed by atoms with Crippen LogP contribution in [0.25, 0.3) is 0 Å². The largest absolute Gasteiger partial charge is 0.481 e. The summed E-state index contributed by atoms with van der Waals surface area (Å²) in [5.41, 5.74) is -0.733. The van der Waals surface area contributed by atoms with Crippen molar-refractivity contribution >= 4 is 12.0 Å². The van der Waals surface area contributed by atoms with Gasteiger partial charge in [-0.15, -0.1) is 0 Å². The number of urea groups is 1. The third-order valence-corrected chi connectivity index (χ3v) is 4.12. The molecule has 6 heteroatoms. The van der Waals surface area contributed by atoms with Gasteiger partial charge in [0, 0.05) is 20.2 Å². The number of carboxylic acids is 1. The number of hydrogen-bond donors (Lipinski definition) is 2. The van der Waals surface area contributed by atoms with Gasteiger partial charge in [0.1, 0.15) is 0 Å². The molecule has 2 amide bonds. The lowest BCUT2D eigenvalue weighted by atomic mass is 9.69. The van der Waals surface area contributed by atoms with Gasteiger partial charge in [-0.2, -0.15) is 0 Å². The molecule has 2 rings (SSSR count). The van der Waals surface area contributed by atoms with Crippen molar-refractivity contribution < 1.29 is 19.4 Å². The Morgan fingerprint density at radius 2 is 2.22 bits per heavy atom. The van der Waals surface area contributed by atoms with Crippen molar-refractivity contribution in [2.45, 2.75) is 31.7 Å². The van der Waals surface area contributed by atoms with Crippen molar-refractivity contribution in [1.82, 2.24) is 10.2 Å². The van der Waals surface area contributed by atoms with Gasteiger partial charge in [-0.05, 0) is 19.3 Å². The Morgan fingerprint density at radius 1 is 1.50 bits per heavy atom. The van der Waals surface area contributed by atoms with Crippen LogP contribution in [0.5, 0.6) is 0 Å². The molecule has 1 saturated heterocycles. The van der Waals surface area contributed by atoms with Crippen molar-refractivity contribution in [3.63, 3.8) is 0 Å². The van der Waals surface area contributed by atoms with Crippen LogP contribution < -0.4 is 5.32 Å². The normalized spacial score (nSPS) is 25.3. The zero-order valence-electron chi connectivity index (χ0n) is 10.6. The highest BCUT2D eigenvalue weighted by atomic mass is 16.5. The quantitative estimate of drug-likeness (QED) is 0.775. The fourth-order valence-corrected chi connectivity index (χ4v) is 2.43. The summed E-state index contributed by atoms with van der Waals surface area (Å²) < 4.78 is 5.23. The van der Waals surface area contributed by atoms with Crippen LogP contribution in [0, 0.1) is 5.41 Å². The average molecular weight is 256 g/mol. The van der Waals surface area contributed by atoms with E-state index < -0.39 is 11.4 Å². The molecule has 0 bridgehead atoms. The standard InChI is InChI=1S/C12H20N2O4/c1-14(9-3-6-18-7-9)11(17)13-8-12(10(15)16)4-2-5-12/h9H,2-8H2,1H3,(H,13,17)(H,15,16). The van der Waals surface area contributed by atoms with Crippen LogP contribution in [0.2, 0.25) is 0 Å². The van der Waals surface area contributed by atoms with E-state index in [0.717, 1.165) is 12.8 Å². The molecular formula is C12H20N2O4. The summed E-state index contributed by atoms with van der Waals surface area (Å²) in [5, 5.41) is 11.9. The van der Waals surface area contributed by atoms with Crippen LogP contribution in [-0.2, 0) is 9.53 Å². The number of ether oxygens (including phenoxy) is 1. The number of nitrogens with zero attached hydrogens (tertiary/aromatic N) is 1. The summed E-state index contributed by atoms with van der Waals surface area (Å²) in [6.07, 6.45) is 3.07. The summed E-state index contributed by atoms with van der Waals surface area (Å²) in [6.45, 7) is 1.47. The lowest BCUT2D eigenvalue weighted by molar-refractivity contribution is -0.153. The molecule has 6 nitrogen and oxygen atoms in total. The van der Waals surface area contributed by atoms with E-state index in [-0.39, 0.29) is 18.6 Å². The van der Waals surface area contributed by atoms with Gasteiger partial charge in [0.2, 0.25) is 0 Å². The lowest BCUT2D eigenvalue weighted by Crippen LogP contribution is -2.51. The first kappa shape index (κ1) is 13.1. The molecule has 1 atom stereocenters. The second-order valence-electron chi connectivity index (χ2n) is 5.23. The zero-order valence-corrected chi connectivity index (χ0v) is 10.6. The highest BCUT2D eigenvalue weighted by Crippen LogP contribution is 2.40. The molecule has 1 unspecified atom stereocenters. The average Bonchev–Trinajstić information content (AvgIpc) is 2.79. The Hall–Kier alpha value is -1.30. The van der Waals surface area contributed by atoms with E-state index in [1.807, 2.05) is 0 Å². The van der Waals surface area contributed by atoms with Crippen LogP contribution in [0.4, 0.5) is 4.79 Å². The van der Waals surface area contributed by atoms with Crippen LogP contribution in [0.3, 0.4) is 0 Å². The third kappa shape index (κ3) is 2.43. The van der Waals surface area contributed by atoms with Crippen LogP contribution >= 0.6 is 0 Å². The summed E-state index contributed by atoms with van der Waals surface area (Å²) in [5.74, 6) is -0.805. The summed E-state index contributed by atoms with van der Waals surface area (Å²) in [6, 6.07) is -0.106. The van der Waals surface area contributed by atoms with Crippen LogP contribution in [0.1, 0.15) is 25.7 Å². The number of aliphatic carboxylic acids is 1. The molecule has 1 aliphatic heterocycles. The minimum atomic E-state index is -0.805. The molecule has 18 heavy (non-hydrogen) atoms. The molecular weight excluding hydrogens is 236 g/mol. The number of carbonyl (C=O) groups is 2. The molecule has 102 valence electrons. The van der Waals surface area contributed by atoms with Gasteiger partial charge in [0.25, 0.3) is 0 Å². The van der Waals surface area contributed by atoms with Gasteiger partial charge < -0.3 is 20.1 Å². The number of amides is 2. The fourth-order valence-electron chi connectivity index (χ4n) is 2.43. The molecule has 0 aromatic rings. The highest BCUT2D eigenvalue weighted by Gasteiger charge is 2.44. The molecule has 1 aliphatic carbocycles. The predicted molar refractivity (Wildman–Crippen MR) is 64.3 cm³/mol. The van der Waals surface area contributed by atoms with E-state index in [9.17, 15) is 9.59 Å². The fraction of sp³-hybridized carbons (Fsp3) is 0.833. The van der Waals surface area contributed by atoms with Crippen molar-refractivity contribution in [3.8, 4) is 0 Å². The number of likely N-dealkylation sites (N-methyl/N-ethyl adjacent to an activating group) is 1. The van der Waals surface area contributed by atoms with E-state index in [1.165, 1.54) is 0 Å². The molecule has 0 spiro atoms. The highest BCUT2D eigenvalue weighted by molar-refractivity contribution is 5.79. The molecule has 2 fully saturated rings. The number of rotatable bonds is 4. The van der Waals surface area contributed by atoms with Crippen molar-refractivity contribution in [3.05, 3.63) is 0 Å². The second kappa shape index (κ2) is 5.14. The Labute approximate surface area is 106 Å². The number of carbonyl (C=O) groups excluding carboxylic acids is 1. The van der Waals surface area contributed by atoms with E-state index in [4.69, 9.17) is 9.84 Å². The molecule has 2 N–H and O–H groups in total. The summed E-state index contributed by atoms with van der Waals surface area (Å²) in [4.78, 5) is 24.7. The number of nitrogens with one attached hydrogen (secondary N) is 1. The third-order valence-electron chi connectivity index (χ3n) is 4.12. The Bertz CT molecular complexity index is 335. The minimum absolute atomic E-state index is 0.104. The van der Waals surface area contributed by atoms with Crippen molar-refractivity contribution in [2.75, 3.05) is 26.8 Å². The van der Waals surface area contributed by atoms with E-state index in [1.54, 1.807) is 11.9 Å². The molecule has 0 aromatic carbocycles. The van der Waals surface area contributed by atoms with Crippen LogP contribution in [-0.4, -0.2) is 54.9 Å². The van der Waals surface area contributed by atoms with E-state index >= 15 is 0 Å². The number of hydrogen-bond acceptors (Lipinski definition) is 3. The van der Waals surface area contributed by atoms with Crippen molar-refractivity contribution in [1.29, 1.82) is 0 Å². The lowest BCUT2D eigenvalue weighted by Gasteiger charge is -2.38. The second-order valence-corrected chi connectivity index (χ2v) is 5.23. The molecule has 0 radical (unpaired) electrons. The first-order valence-corrected chi connectivity index (χ1v) is 6.37. The first-order chi connectivity index (χ1) is 8.55. The van der Waals surface area contributed by atoms with Crippen molar-refractivity contribution in [2.24, 2.45) is 5.41 Å². The maximum Gasteiger partial charge on any atom is 0.317 e. The maximum atomic E-state index is 11.9. The maximum absolute atomic E-state index is 11.9. The Balaban J connectivity index is 1.82. The molecule has 1 saturated carbocycles. The van der Waals surface area contributed by atoms with Gasteiger partial charge in [-0.25, -0.2) is 4.79 Å². The molecule has 2 aliphatic rings. The number of carboxylic acid groups (broad SMARTS) is 1. The summed E-state index contributed by atoms with van der Waals surface area (Å²) in [7, 11) is 1.73. The topological polar surface area (TPSA) is 78.9 Å². The first-order valence-electron chi connectivity index (χ1n) is 6.37. The van der Waals surface area contributed by atoms with Gasteiger partial charge in [0.15, 0.2) is 0 Å². The summed E-state index contributed by atoms with van der Waals surface area (Å²) >= 11 is 0. The van der Waals surface area contributed by atoms with E-state index in [0.29, 0.717) is 26.1 Å². The van der Waals surface area contributed by atoms with Crippen LogP contribution in [0.15, 0.2) is 0 Å². The monoisotopic (exact) mass is 256 g/mol. The zero-order chi connectivity index (χ0) is 13.2. The smallest absolute Gasteiger partial charge is 0.317 e. The minimum Gasteiger partial charge on any atom is -0.481 e. The Morgan fingerprint density at radius 3 is 2.67 bits per heavy atom. The van der Waals surface area contributed by atoms with Gasteiger partial charge >= 0.3 is 12.0 Å². The Kier molecular flexibility index (Phi) is 3.75. The predicted octanol–water partition coefficient (Wildman–Crippen LogP) is 0.672. The molecule has 1 heterocycles.